The number of aliphatic imine (C=N–C) groups is 1. The fraction of sp³-hybridized carbons (Fsp3) is 0.429. The molecule has 0 atom stereocenters. The van der Waals surface area contributed by atoms with E-state index < -0.39 is 0 Å². The molecule has 0 radical (unpaired) electrons. The normalized spacial score (nSPS) is 13.3. The first-order valence-corrected chi connectivity index (χ1v) is 10.6. The van der Waals surface area contributed by atoms with Gasteiger partial charge in [0.25, 0.3) is 5.91 Å². The van der Waals surface area contributed by atoms with Gasteiger partial charge in [-0.05, 0) is 42.7 Å². The van der Waals surface area contributed by atoms with Crippen molar-refractivity contribution in [1.29, 1.82) is 0 Å². The highest BCUT2D eigenvalue weighted by molar-refractivity contribution is 14.0. The number of hydrogen-bond donors (Lipinski definition) is 3. The minimum Gasteiger partial charge on any atom is -0.493 e. The number of carbonyl (C=O) groups is 1. The number of para-hydroxylation sites is 1. The zero-order valence-corrected chi connectivity index (χ0v) is 19.8. The molecule has 8 heteroatoms. The van der Waals surface area contributed by atoms with E-state index in [0.717, 1.165) is 47.6 Å². The summed E-state index contributed by atoms with van der Waals surface area (Å²) in [6, 6.07) is 11.8. The van der Waals surface area contributed by atoms with Crippen LogP contribution in [0.15, 0.2) is 46.8 Å². The Morgan fingerprint density at radius 1 is 1.14 bits per heavy atom. The van der Waals surface area contributed by atoms with E-state index in [4.69, 9.17) is 4.74 Å². The Bertz CT molecular complexity index is 779. The van der Waals surface area contributed by atoms with Crippen molar-refractivity contribution >= 4 is 47.2 Å². The summed E-state index contributed by atoms with van der Waals surface area (Å²) in [7, 11) is 1.75. The van der Waals surface area contributed by atoms with Gasteiger partial charge in [0, 0.05) is 32.2 Å². The first-order chi connectivity index (χ1) is 13.8. The number of guanidine groups is 1. The summed E-state index contributed by atoms with van der Waals surface area (Å²) >= 11 is 1.45. The van der Waals surface area contributed by atoms with E-state index in [2.05, 4.69) is 27.0 Å². The number of nitrogens with zero attached hydrogens (tertiary/aromatic N) is 1. The number of thiophene rings is 1. The second-order valence-electron chi connectivity index (χ2n) is 6.80. The van der Waals surface area contributed by atoms with Crippen molar-refractivity contribution in [2.45, 2.75) is 25.8 Å². The molecule has 3 N–H and O–H groups in total. The number of amides is 1. The Balaban J connectivity index is 0.00000300. The average molecular weight is 528 g/mol. The maximum atomic E-state index is 11.9. The van der Waals surface area contributed by atoms with Crippen LogP contribution in [-0.4, -0.2) is 38.6 Å². The van der Waals surface area contributed by atoms with E-state index in [-0.39, 0.29) is 29.9 Å². The van der Waals surface area contributed by atoms with Crippen molar-refractivity contribution in [2.75, 3.05) is 26.7 Å². The van der Waals surface area contributed by atoms with Crippen LogP contribution in [0, 0.1) is 5.92 Å². The molecule has 1 aliphatic rings. The van der Waals surface area contributed by atoms with E-state index in [1.807, 2.05) is 35.7 Å². The summed E-state index contributed by atoms with van der Waals surface area (Å²) in [4.78, 5) is 16.9. The maximum absolute atomic E-state index is 11.9. The van der Waals surface area contributed by atoms with Crippen LogP contribution in [-0.2, 0) is 6.54 Å². The van der Waals surface area contributed by atoms with Crippen LogP contribution >= 0.6 is 35.3 Å². The third-order valence-corrected chi connectivity index (χ3v) is 5.36. The number of rotatable bonds is 10. The highest BCUT2D eigenvalue weighted by atomic mass is 127. The molecule has 6 nitrogen and oxygen atoms in total. The van der Waals surface area contributed by atoms with Crippen LogP contribution in [0.1, 0.15) is 34.5 Å². The van der Waals surface area contributed by atoms with Gasteiger partial charge in [-0.15, -0.1) is 35.3 Å². The topological polar surface area (TPSA) is 74.8 Å². The quantitative estimate of drug-likeness (QED) is 0.191. The lowest BCUT2D eigenvalue weighted by molar-refractivity contribution is 0.0957. The maximum Gasteiger partial charge on any atom is 0.261 e. The summed E-state index contributed by atoms with van der Waals surface area (Å²) in [6.07, 6.45) is 3.38. The molecular formula is C21H29IN4O2S. The summed E-state index contributed by atoms with van der Waals surface area (Å²) in [6.45, 7) is 2.81. The molecular weight excluding hydrogens is 499 g/mol. The largest absolute Gasteiger partial charge is 0.493 e. The highest BCUT2D eigenvalue weighted by Crippen LogP contribution is 2.30. The monoisotopic (exact) mass is 528 g/mol. The Labute approximate surface area is 193 Å². The predicted molar refractivity (Wildman–Crippen MR) is 130 cm³/mol. The predicted octanol–water partition coefficient (Wildman–Crippen LogP) is 3.64. The molecule has 29 heavy (non-hydrogen) atoms. The van der Waals surface area contributed by atoms with Crippen LogP contribution in [0.25, 0.3) is 0 Å². The van der Waals surface area contributed by atoms with Gasteiger partial charge in [0.15, 0.2) is 5.96 Å². The fourth-order valence-electron chi connectivity index (χ4n) is 2.67. The zero-order chi connectivity index (χ0) is 19.6. The third-order valence-electron chi connectivity index (χ3n) is 4.49. The van der Waals surface area contributed by atoms with E-state index in [0.29, 0.717) is 13.1 Å². The third kappa shape index (κ3) is 8.22. The molecule has 1 fully saturated rings. The molecule has 1 heterocycles. The average Bonchev–Trinajstić information content (AvgIpc) is 3.39. The smallest absolute Gasteiger partial charge is 0.261 e. The van der Waals surface area contributed by atoms with E-state index in [9.17, 15) is 4.79 Å². The second kappa shape index (κ2) is 12.7. The Kier molecular flexibility index (Phi) is 10.3. The van der Waals surface area contributed by atoms with Crippen LogP contribution in [0.4, 0.5) is 0 Å². The standard InChI is InChI=1S/C21H28N4O2S.HI/c1-22-21(24-12-5-11-23-20(26)19-8-4-13-28-19)25-14-17-6-2-3-7-18(17)27-15-16-9-10-16;/h2-4,6-8,13,16H,5,9-12,14-15H2,1H3,(H,23,26)(H2,22,24,25);1H. The minimum atomic E-state index is -0.0136. The van der Waals surface area contributed by atoms with Crippen LogP contribution in [0.2, 0.25) is 0 Å². The molecule has 1 aliphatic carbocycles. The highest BCUT2D eigenvalue weighted by Gasteiger charge is 2.22. The SMILES string of the molecule is CN=C(NCCCNC(=O)c1cccs1)NCc1ccccc1OCC1CC1.I. The number of carbonyl (C=O) groups excluding carboxylic acids is 1. The van der Waals surface area contributed by atoms with Gasteiger partial charge in [-0.2, -0.15) is 0 Å². The molecule has 0 spiro atoms. The number of ether oxygens (including phenoxy) is 1. The molecule has 0 unspecified atom stereocenters. The van der Waals surface area contributed by atoms with Crippen molar-refractivity contribution in [1.82, 2.24) is 16.0 Å². The number of hydrogen-bond acceptors (Lipinski definition) is 4. The summed E-state index contributed by atoms with van der Waals surface area (Å²) < 4.78 is 5.95. The molecule has 158 valence electrons. The van der Waals surface area contributed by atoms with E-state index in [1.54, 1.807) is 7.05 Å². The first-order valence-electron chi connectivity index (χ1n) is 9.73. The Hall–Kier alpha value is -1.81. The molecule has 1 aromatic heterocycles. The lowest BCUT2D eigenvalue weighted by Gasteiger charge is -2.15. The van der Waals surface area contributed by atoms with Gasteiger partial charge in [-0.1, -0.05) is 24.3 Å². The molecule has 0 aliphatic heterocycles. The molecule has 1 saturated carbocycles. The van der Waals surface area contributed by atoms with Crippen LogP contribution in [0.3, 0.4) is 0 Å². The fourth-order valence-corrected chi connectivity index (χ4v) is 3.31. The summed E-state index contributed by atoms with van der Waals surface area (Å²) in [5, 5.41) is 11.4. The van der Waals surface area contributed by atoms with Crippen molar-refractivity contribution in [2.24, 2.45) is 10.9 Å². The minimum absolute atomic E-state index is 0. The van der Waals surface area contributed by atoms with Crippen molar-refractivity contribution in [3.63, 3.8) is 0 Å². The van der Waals surface area contributed by atoms with Crippen LogP contribution < -0.4 is 20.7 Å². The lowest BCUT2D eigenvalue weighted by atomic mass is 10.2. The van der Waals surface area contributed by atoms with E-state index in [1.165, 1.54) is 24.2 Å². The van der Waals surface area contributed by atoms with E-state index >= 15 is 0 Å². The lowest BCUT2D eigenvalue weighted by Crippen LogP contribution is -2.38. The van der Waals surface area contributed by atoms with Crippen molar-refractivity contribution < 1.29 is 9.53 Å². The summed E-state index contributed by atoms with van der Waals surface area (Å²) in [5.41, 5.74) is 1.12. The molecule has 1 aromatic carbocycles. The van der Waals surface area contributed by atoms with Gasteiger partial charge < -0.3 is 20.7 Å². The van der Waals surface area contributed by atoms with Gasteiger partial charge in [0.2, 0.25) is 0 Å². The second-order valence-corrected chi connectivity index (χ2v) is 7.75. The van der Waals surface area contributed by atoms with Gasteiger partial charge in [0.1, 0.15) is 5.75 Å². The molecule has 2 aromatic rings. The van der Waals surface area contributed by atoms with Crippen LogP contribution in [0.5, 0.6) is 5.75 Å². The number of benzene rings is 1. The van der Waals surface area contributed by atoms with Gasteiger partial charge in [-0.25, -0.2) is 0 Å². The van der Waals surface area contributed by atoms with Crippen molar-refractivity contribution in [3.05, 3.63) is 52.2 Å². The van der Waals surface area contributed by atoms with Gasteiger partial charge >= 0.3 is 0 Å². The Morgan fingerprint density at radius 2 is 1.93 bits per heavy atom. The van der Waals surface area contributed by atoms with Gasteiger partial charge in [-0.3, -0.25) is 9.79 Å². The molecule has 0 bridgehead atoms. The zero-order valence-electron chi connectivity index (χ0n) is 16.6. The first kappa shape index (κ1) is 23.5. The van der Waals surface area contributed by atoms with Gasteiger partial charge in [0.05, 0.1) is 11.5 Å². The Morgan fingerprint density at radius 3 is 2.66 bits per heavy atom. The number of halogens is 1. The number of nitrogens with one attached hydrogen (secondary N) is 3. The molecule has 0 saturated heterocycles. The molecule has 1 amide bonds. The summed E-state index contributed by atoms with van der Waals surface area (Å²) in [5.74, 6) is 2.39. The molecule has 3 rings (SSSR count). The van der Waals surface area contributed by atoms with Crippen molar-refractivity contribution in [3.8, 4) is 5.75 Å².